The number of unbranched alkanes of at least 4 members (excludes halogenated alkanes) is 1. The highest BCUT2D eigenvalue weighted by Gasteiger charge is 2.26. The van der Waals surface area contributed by atoms with Crippen LogP contribution in [0.25, 0.3) is 0 Å². The fourth-order valence-electron chi connectivity index (χ4n) is 3.90. The molecule has 1 saturated heterocycles. The van der Waals surface area contributed by atoms with Crippen LogP contribution in [0.3, 0.4) is 0 Å². The van der Waals surface area contributed by atoms with Crippen LogP contribution in [-0.4, -0.2) is 56.7 Å². The Balaban J connectivity index is 1.28. The number of aromatic nitrogens is 1. The lowest BCUT2D eigenvalue weighted by molar-refractivity contribution is 0.0270. The van der Waals surface area contributed by atoms with Gasteiger partial charge in [-0.2, -0.15) is 0 Å². The van der Waals surface area contributed by atoms with Gasteiger partial charge in [-0.05, 0) is 61.1 Å². The van der Waals surface area contributed by atoms with Crippen LogP contribution in [-0.2, 0) is 12.8 Å². The summed E-state index contributed by atoms with van der Waals surface area (Å²) in [6, 6.07) is 15.5. The molecule has 0 radical (unpaired) electrons. The number of pyridine rings is 1. The minimum atomic E-state index is -0.981. The smallest absolute Gasteiger partial charge is 0.345 e. The van der Waals surface area contributed by atoms with Gasteiger partial charge in [0.05, 0.1) is 5.02 Å². The summed E-state index contributed by atoms with van der Waals surface area (Å²) >= 11 is 8.71. The zero-order valence-corrected chi connectivity index (χ0v) is 22.0. The van der Waals surface area contributed by atoms with Gasteiger partial charge in [-0.15, -0.1) is 11.3 Å². The number of thioether (sulfide) groups is 1. The summed E-state index contributed by atoms with van der Waals surface area (Å²) in [5.74, 6) is 6.07. The first kappa shape index (κ1) is 26.2. The number of halogens is 1. The van der Waals surface area contributed by atoms with Crippen molar-refractivity contribution >= 4 is 45.9 Å². The number of nitrogens with zero attached hydrogens (tertiary/aromatic N) is 3. The largest absolute Gasteiger partial charge is 0.477 e. The number of hydrogen-bond donors (Lipinski definition) is 1. The van der Waals surface area contributed by atoms with E-state index in [1.165, 1.54) is 34.7 Å². The van der Waals surface area contributed by atoms with Crippen molar-refractivity contribution in [2.75, 3.05) is 25.4 Å². The minimum Gasteiger partial charge on any atom is -0.477 e. The molecule has 6 nitrogen and oxygen atoms in total. The monoisotopic (exact) mass is 539 g/mol. The third kappa shape index (κ3) is 7.34. The Morgan fingerprint density at radius 3 is 2.75 bits per heavy atom. The Labute approximate surface area is 224 Å². The molecule has 186 valence electrons. The molecule has 3 aromatic rings. The van der Waals surface area contributed by atoms with Gasteiger partial charge in [-0.1, -0.05) is 47.5 Å². The van der Waals surface area contributed by atoms with Crippen molar-refractivity contribution in [3.8, 4) is 11.8 Å². The van der Waals surface area contributed by atoms with Crippen LogP contribution in [0.15, 0.2) is 54.7 Å². The lowest BCUT2D eigenvalue weighted by Crippen LogP contribution is -2.50. The molecule has 3 heterocycles. The van der Waals surface area contributed by atoms with Gasteiger partial charge in [0.15, 0.2) is 0 Å². The summed E-state index contributed by atoms with van der Waals surface area (Å²) in [7, 11) is 0. The third-order valence-electron chi connectivity index (χ3n) is 5.70. The van der Waals surface area contributed by atoms with Gasteiger partial charge in [0, 0.05) is 48.4 Å². The molecule has 2 aromatic heterocycles. The third-order valence-corrected chi connectivity index (χ3v) is 8.18. The van der Waals surface area contributed by atoms with Crippen molar-refractivity contribution in [2.24, 2.45) is 0 Å². The quantitative estimate of drug-likeness (QED) is 0.272. The van der Waals surface area contributed by atoms with Gasteiger partial charge < -0.3 is 5.11 Å². The summed E-state index contributed by atoms with van der Waals surface area (Å²) in [6.45, 7) is 2.10. The fraction of sp³-hybridized carbons (Fsp3) is 0.296. The van der Waals surface area contributed by atoms with Gasteiger partial charge in [0.25, 0.3) is 5.24 Å². The first-order valence-corrected chi connectivity index (χ1v) is 13.9. The Bertz CT molecular complexity index is 1270. The van der Waals surface area contributed by atoms with E-state index in [4.69, 9.17) is 11.6 Å². The molecule has 1 N–H and O–H groups in total. The Morgan fingerprint density at radius 2 is 1.97 bits per heavy atom. The summed E-state index contributed by atoms with van der Waals surface area (Å²) in [6.07, 6.45) is 5.18. The molecule has 4 rings (SSSR count). The zero-order chi connectivity index (χ0) is 25.3. The number of carboxylic acid groups (broad SMARTS) is 1. The molecular formula is C27H26ClN3O3S2. The number of rotatable bonds is 9. The molecule has 0 atom stereocenters. The maximum absolute atomic E-state index is 12.6. The lowest BCUT2D eigenvalue weighted by atomic mass is 10.1. The standard InChI is InChI=1S/C27H26ClN3O3S2/c28-23-19-25(26(32)33)36-24(23)12-15-31-27(34)35-17-16-30(31)14-4-2-6-20-7-5-8-21(18-20)10-11-22-9-1-3-13-29-22/h1,3,5,7-9,13,18-19H,2,4,6,12,14-17H2,(H,32,33). The van der Waals surface area contributed by atoms with Crippen molar-refractivity contribution in [1.29, 1.82) is 0 Å². The maximum Gasteiger partial charge on any atom is 0.345 e. The van der Waals surface area contributed by atoms with E-state index in [1.807, 2.05) is 30.3 Å². The Morgan fingerprint density at radius 1 is 1.08 bits per heavy atom. The number of hydrazine groups is 1. The molecular weight excluding hydrogens is 514 g/mol. The SMILES string of the molecule is O=C(O)c1cc(Cl)c(CCN2C(=O)SCCN2CCCCc2cccc(C#Cc3ccccn3)c2)s1. The van der Waals surface area contributed by atoms with Crippen molar-refractivity contribution in [3.05, 3.63) is 86.3 Å². The topological polar surface area (TPSA) is 73.7 Å². The van der Waals surface area contributed by atoms with Gasteiger partial charge in [-0.25, -0.2) is 14.8 Å². The van der Waals surface area contributed by atoms with Gasteiger partial charge in [0.1, 0.15) is 10.6 Å². The molecule has 0 bridgehead atoms. The van der Waals surface area contributed by atoms with Crippen LogP contribution in [0, 0.1) is 11.8 Å². The number of carbonyl (C=O) groups is 2. The zero-order valence-electron chi connectivity index (χ0n) is 19.7. The summed E-state index contributed by atoms with van der Waals surface area (Å²) in [5.41, 5.74) is 2.97. The normalized spacial score (nSPS) is 13.9. The average Bonchev–Trinajstić information content (AvgIpc) is 3.26. The molecule has 0 unspecified atom stereocenters. The molecule has 1 aliphatic heterocycles. The molecule has 1 amide bonds. The second kappa shape index (κ2) is 12.9. The predicted molar refractivity (Wildman–Crippen MR) is 146 cm³/mol. The van der Waals surface area contributed by atoms with Crippen LogP contribution in [0.4, 0.5) is 4.79 Å². The second-order valence-electron chi connectivity index (χ2n) is 8.25. The maximum atomic E-state index is 12.6. The number of hydrogen-bond acceptors (Lipinski definition) is 6. The number of thiophene rings is 1. The van der Waals surface area contributed by atoms with Gasteiger partial charge in [-0.3, -0.25) is 9.80 Å². The van der Waals surface area contributed by atoms with Crippen LogP contribution < -0.4 is 0 Å². The average molecular weight is 540 g/mol. The molecule has 9 heteroatoms. The molecule has 36 heavy (non-hydrogen) atoms. The van der Waals surface area contributed by atoms with Crippen LogP contribution in [0.5, 0.6) is 0 Å². The van der Waals surface area contributed by atoms with Crippen LogP contribution in [0.2, 0.25) is 5.02 Å². The Hall–Kier alpha value is -2.83. The minimum absolute atomic E-state index is 0.0339. The molecule has 1 aliphatic rings. The van der Waals surface area contributed by atoms with E-state index in [-0.39, 0.29) is 10.1 Å². The highest BCUT2D eigenvalue weighted by atomic mass is 35.5. The number of carboxylic acids is 1. The van der Waals surface area contributed by atoms with E-state index < -0.39 is 5.97 Å². The Kier molecular flexibility index (Phi) is 9.42. The van der Waals surface area contributed by atoms with E-state index >= 15 is 0 Å². The van der Waals surface area contributed by atoms with Gasteiger partial charge in [0.2, 0.25) is 0 Å². The van der Waals surface area contributed by atoms with E-state index in [9.17, 15) is 14.7 Å². The summed E-state index contributed by atoms with van der Waals surface area (Å²) in [5, 5.41) is 13.6. The fourth-order valence-corrected chi connectivity index (χ4v) is 6.00. The summed E-state index contributed by atoms with van der Waals surface area (Å²) in [4.78, 5) is 29.0. The lowest BCUT2D eigenvalue weighted by Gasteiger charge is -2.38. The van der Waals surface area contributed by atoms with E-state index in [0.29, 0.717) is 18.0 Å². The first-order chi connectivity index (χ1) is 17.5. The number of benzene rings is 1. The highest BCUT2D eigenvalue weighted by Crippen LogP contribution is 2.29. The van der Waals surface area contributed by atoms with Crippen molar-refractivity contribution in [3.63, 3.8) is 0 Å². The second-order valence-corrected chi connectivity index (χ2v) is 10.8. The van der Waals surface area contributed by atoms with Gasteiger partial charge >= 0.3 is 5.97 Å². The highest BCUT2D eigenvalue weighted by molar-refractivity contribution is 8.13. The molecule has 0 aliphatic carbocycles. The first-order valence-electron chi connectivity index (χ1n) is 11.7. The van der Waals surface area contributed by atoms with E-state index in [1.54, 1.807) is 11.2 Å². The molecule has 0 saturated carbocycles. The van der Waals surface area contributed by atoms with Crippen molar-refractivity contribution in [1.82, 2.24) is 15.0 Å². The molecule has 1 fully saturated rings. The van der Waals surface area contributed by atoms with Crippen LogP contribution >= 0.6 is 34.7 Å². The molecule has 1 aromatic carbocycles. The van der Waals surface area contributed by atoms with E-state index in [2.05, 4.69) is 34.0 Å². The van der Waals surface area contributed by atoms with Crippen molar-refractivity contribution < 1.29 is 14.7 Å². The van der Waals surface area contributed by atoms with E-state index in [0.717, 1.165) is 54.2 Å². The summed E-state index contributed by atoms with van der Waals surface area (Å²) < 4.78 is 0. The van der Waals surface area contributed by atoms with Crippen LogP contribution in [0.1, 0.15) is 44.2 Å². The predicted octanol–water partition coefficient (Wildman–Crippen LogP) is 5.85. The number of carbonyl (C=O) groups excluding carboxylic acids is 1. The van der Waals surface area contributed by atoms with Crippen molar-refractivity contribution in [2.45, 2.75) is 25.7 Å². The number of aromatic carboxylic acids is 1. The number of aryl methyl sites for hydroxylation is 1. The molecule has 0 spiro atoms. The number of amides is 1.